The van der Waals surface area contributed by atoms with Crippen LogP contribution < -0.4 is 0 Å². The van der Waals surface area contributed by atoms with Gasteiger partial charge in [-0.05, 0) is 31.4 Å². The molecule has 4 nitrogen and oxygen atoms in total. The van der Waals surface area contributed by atoms with Crippen LogP contribution in [0.1, 0.15) is 35.2 Å². The van der Waals surface area contributed by atoms with E-state index in [1.807, 2.05) is 13.0 Å². The Morgan fingerprint density at radius 2 is 2.37 bits per heavy atom. The van der Waals surface area contributed by atoms with Crippen molar-refractivity contribution in [2.24, 2.45) is 5.92 Å². The number of hydrogen-bond acceptors (Lipinski definition) is 4. The molecule has 2 aliphatic rings. The smallest absolute Gasteiger partial charge is 0.166 e. The van der Waals surface area contributed by atoms with Crippen LogP contribution in [-0.4, -0.2) is 36.2 Å². The first kappa shape index (κ1) is 12.8. The van der Waals surface area contributed by atoms with Gasteiger partial charge in [-0.15, -0.1) is 0 Å². The van der Waals surface area contributed by atoms with Crippen LogP contribution in [0.2, 0.25) is 0 Å². The molecule has 2 aliphatic heterocycles. The molecule has 1 spiro atoms. The monoisotopic (exact) mass is 261 g/mol. The van der Waals surface area contributed by atoms with Crippen LogP contribution in [0.25, 0.3) is 0 Å². The van der Waals surface area contributed by atoms with Crippen molar-refractivity contribution >= 4 is 5.78 Å². The van der Waals surface area contributed by atoms with Crippen LogP contribution in [0.15, 0.2) is 18.5 Å². The Hall–Kier alpha value is -1.26. The molecule has 19 heavy (non-hydrogen) atoms. The molecular weight excluding hydrogens is 242 g/mol. The molecule has 0 saturated carbocycles. The molecule has 0 amide bonds. The Labute approximate surface area is 113 Å². The number of nitrogens with zero attached hydrogens (tertiary/aromatic N) is 1. The number of pyridine rings is 1. The zero-order valence-electron chi connectivity index (χ0n) is 11.2. The lowest BCUT2D eigenvalue weighted by molar-refractivity contribution is -0.0920. The van der Waals surface area contributed by atoms with Crippen LogP contribution >= 0.6 is 0 Å². The first-order valence-electron chi connectivity index (χ1n) is 6.87. The first-order chi connectivity index (χ1) is 9.20. The lowest BCUT2D eigenvalue weighted by Gasteiger charge is -2.36. The molecule has 2 unspecified atom stereocenters. The summed E-state index contributed by atoms with van der Waals surface area (Å²) < 4.78 is 11.3. The van der Waals surface area contributed by atoms with Gasteiger partial charge in [-0.3, -0.25) is 9.78 Å². The van der Waals surface area contributed by atoms with Crippen LogP contribution in [0.5, 0.6) is 0 Å². The molecule has 2 fully saturated rings. The predicted octanol–water partition coefficient (Wildman–Crippen LogP) is 2.16. The maximum absolute atomic E-state index is 12.6. The highest BCUT2D eigenvalue weighted by atomic mass is 16.6. The van der Waals surface area contributed by atoms with Crippen LogP contribution in [0.3, 0.4) is 0 Å². The van der Waals surface area contributed by atoms with E-state index in [-0.39, 0.29) is 17.3 Å². The summed E-state index contributed by atoms with van der Waals surface area (Å²) in [5.74, 6) is 0.283. The maximum atomic E-state index is 12.6. The van der Waals surface area contributed by atoms with Crippen molar-refractivity contribution in [3.63, 3.8) is 0 Å². The quantitative estimate of drug-likeness (QED) is 0.765. The molecule has 0 bridgehead atoms. The molecule has 1 aromatic rings. The van der Waals surface area contributed by atoms with Crippen molar-refractivity contribution in [1.29, 1.82) is 0 Å². The second-order valence-corrected chi connectivity index (χ2v) is 5.58. The first-order valence-corrected chi connectivity index (χ1v) is 6.87. The number of ether oxygens (including phenoxy) is 2. The van der Waals surface area contributed by atoms with Gasteiger partial charge in [0, 0.05) is 43.5 Å². The van der Waals surface area contributed by atoms with E-state index in [9.17, 15) is 4.79 Å². The largest absolute Gasteiger partial charge is 0.378 e. The number of rotatable bonds is 2. The molecule has 1 aromatic heterocycles. The second-order valence-electron chi connectivity index (χ2n) is 5.58. The molecule has 0 aromatic carbocycles. The van der Waals surface area contributed by atoms with Gasteiger partial charge in [0.2, 0.25) is 0 Å². The maximum Gasteiger partial charge on any atom is 0.166 e. The van der Waals surface area contributed by atoms with Gasteiger partial charge < -0.3 is 9.47 Å². The van der Waals surface area contributed by atoms with Crippen molar-refractivity contribution in [1.82, 2.24) is 4.98 Å². The van der Waals surface area contributed by atoms with Gasteiger partial charge in [0.15, 0.2) is 5.78 Å². The minimum Gasteiger partial charge on any atom is -0.378 e. The zero-order valence-corrected chi connectivity index (χ0v) is 11.2. The Morgan fingerprint density at radius 1 is 1.47 bits per heavy atom. The highest BCUT2D eigenvalue weighted by Gasteiger charge is 2.43. The van der Waals surface area contributed by atoms with Crippen molar-refractivity contribution in [2.75, 3.05) is 19.8 Å². The number of Topliss-reactive ketones (excluding diaryl/α,β-unsaturated/α-hetero) is 1. The summed E-state index contributed by atoms with van der Waals surface area (Å²) >= 11 is 0. The Balaban J connectivity index is 1.78. The third-order valence-electron chi connectivity index (χ3n) is 4.22. The average Bonchev–Trinajstić information content (AvgIpc) is 2.86. The molecule has 102 valence electrons. The Morgan fingerprint density at radius 3 is 3.11 bits per heavy atom. The fraction of sp³-hybridized carbons (Fsp3) is 0.600. The third-order valence-corrected chi connectivity index (χ3v) is 4.22. The van der Waals surface area contributed by atoms with Gasteiger partial charge in [-0.1, -0.05) is 0 Å². The van der Waals surface area contributed by atoms with E-state index in [1.54, 1.807) is 12.4 Å². The Kier molecular flexibility index (Phi) is 3.37. The van der Waals surface area contributed by atoms with E-state index in [2.05, 4.69) is 4.98 Å². The Bertz CT molecular complexity index is 480. The summed E-state index contributed by atoms with van der Waals surface area (Å²) in [6, 6.07) is 1.82. The van der Waals surface area contributed by atoms with Crippen LogP contribution in [0, 0.1) is 12.8 Å². The van der Waals surface area contributed by atoms with E-state index >= 15 is 0 Å². The number of carbonyl (C=O) groups excluding carboxylic acids is 1. The highest BCUT2D eigenvalue weighted by Crippen LogP contribution is 2.37. The van der Waals surface area contributed by atoms with Gasteiger partial charge in [-0.2, -0.15) is 0 Å². The molecule has 4 heteroatoms. The standard InChI is InChI=1S/C15H19NO3/c1-11-9-16-5-2-13(11)14(17)12-3-6-19-15(8-12)4-7-18-10-15/h2,5,9,12H,3-4,6-8,10H2,1H3. The summed E-state index contributed by atoms with van der Waals surface area (Å²) in [6.45, 7) is 3.97. The SMILES string of the molecule is Cc1cnccc1C(=O)C1CCOC2(CCOC2)C1. The number of hydrogen-bond donors (Lipinski definition) is 0. The van der Waals surface area contributed by atoms with E-state index in [0.717, 1.165) is 37.0 Å². The minimum atomic E-state index is -0.209. The van der Waals surface area contributed by atoms with Gasteiger partial charge in [0.25, 0.3) is 0 Å². The summed E-state index contributed by atoms with van der Waals surface area (Å²) in [5, 5.41) is 0. The normalized spacial score (nSPS) is 30.7. The molecule has 0 N–H and O–H groups in total. The van der Waals surface area contributed by atoms with Crippen molar-refractivity contribution in [3.05, 3.63) is 29.6 Å². The van der Waals surface area contributed by atoms with Crippen molar-refractivity contribution in [2.45, 2.75) is 31.8 Å². The third kappa shape index (κ3) is 2.42. The van der Waals surface area contributed by atoms with Gasteiger partial charge in [0.05, 0.1) is 12.2 Å². The summed E-state index contributed by atoms with van der Waals surface area (Å²) in [4.78, 5) is 16.7. The van der Waals surface area contributed by atoms with E-state index in [0.29, 0.717) is 13.2 Å². The molecule has 2 saturated heterocycles. The number of aryl methyl sites for hydroxylation is 1. The molecule has 3 heterocycles. The fourth-order valence-corrected chi connectivity index (χ4v) is 3.08. The number of aromatic nitrogens is 1. The molecular formula is C15H19NO3. The molecule has 0 radical (unpaired) electrons. The summed E-state index contributed by atoms with van der Waals surface area (Å²) in [7, 11) is 0. The molecule has 3 rings (SSSR count). The van der Waals surface area contributed by atoms with E-state index < -0.39 is 0 Å². The van der Waals surface area contributed by atoms with E-state index in [1.165, 1.54) is 0 Å². The number of ketones is 1. The van der Waals surface area contributed by atoms with Gasteiger partial charge >= 0.3 is 0 Å². The average molecular weight is 261 g/mol. The van der Waals surface area contributed by atoms with Crippen molar-refractivity contribution in [3.8, 4) is 0 Å². The topological polar surface area (TPSA) is 48.4 Å². The van der Waals surface area contributed by atoms with Crippen molar-refractivity contribution < 1.29 is 14.3 Å². The molecule has 2 atom stereocenters. The number of carbonyl (C=O) groups is 1. The lowest BCUT2D eigenvalue weighted by Crippen LogP contribution is -2.42. The lowest BCUT2D eigenvalue weighted by atomic mass is 9.81. The van der Waals surface area contributed by atoms with Gasteiger partial charge in [-0.25, -0.2) is 0 Å². The van der Waals surface area contributed by atoms with E-state index in [4.69, 9.17) is 9.47 Å². The summed E-state index contributed by atoms with van der Waals surface area (Å²) in [6.07, 6.45) is 5.94. The fourth-order valence-electron chi connectivity index (χ4n) is 3.08. The van der Waals surface area contributed by atoms with Crippen LogP contribution in [-0.2, 0) is 9.47 Å². The predicted molar refractivity (Wildman–Crippen MR) is 70.1 cm³/mol. The minimum absolute atomic E-state index is 0.0524. The second kappa shape index (κ2) is 5.02. The molecule has 0 aliphatic carbocycles. The van der Waals surface area contributed by atoms with Gasteiger partial charge in [0.1, 0.15) is 0 Å². The summed E-state index contributed by atoms with van der Waals surface area (Å²) in [5.41, 5.74) is 1.55. The highest BCUT2D eigenvalue weighted by molar-refractivity contribution is 5.99. The zero-order chi connectivity index (χ0) is 13.3. The van der Waals surface area contributed by atoms with Crippen LogP contribution in [0.4, 0.5) is 0 Å².